The van der Waals surface area contributed by atoms with Gasteiger partial charge in [0, 0.05) is 18.0 Å². The lowest BCUT2D eigenvalue weighted by Gasteiger charge is -2.45. The second kappa shape index (κ2) is 6.31. The van der Waals surface area contributed by atoms with Gasteiger partial charge in [-0.05, 0) is 25.0 Å². The molecule has 1 aromatic carbocycles. The van der Waals surface area contributed by atoms with Gasteiger partial charge in [-0.3, -0.25) is 14.9 Å². The van der Waals surface area contributed by atoms with Crippen molar-refractivity contribution in [3.8, 4) is 11.4 Å². The van der Waals surface area contributed by atoms with Gasteiger partial charge in [0.05, 0.1) is 11.8 Å². The molecule has 1 aliphatic carbocycles. The summed E-state index contributed by atoms with van der Waals surface area (Å²) in [5, 5.41) is 8.19. The summed E-state index contributed by atoms with van der Waals surface area (Å²) in [6.07, 6.45) is 4.64. The largest absolute Gasteiger partial charge is 0.330 e. The summed E-state index contributed by atoms with van der Waals surface area (Å²) in [4.78, 5) is 9.93. The number of hydrogen-bond acceptors (Lipinski definition) is 7. The van der Waals surface area contributed by atoms with Crippen molar-refractivity contribution in [2.24, 2.45) is 11.0 Å². The molecular weight excluding hydrogens is 399 g/mol. The number of hydrazone groups is 1. The lowest BCUT2D eigenvalue weighted by Crippen LogP contribution is -2.54. The van der Waals surface area contributed by atoms with Crippen LogP contribution in [0.25, 0.3) is 11.4 Å². The Bertz CT molecular complexity index is 1170. The molecule has 1 saturated carbocycles. The van der Waals surface area contributed by atoms with Crippen LogP contribution in [0.3, 0.4) is 0 Å². The molecule has 30 heavy (non-hydrogen) atoms. The molecule has 0 radical (unpaired) electrons. The smallest absolute Gasteiger partial charge is 0.296 e. The summed E-state index contributed by atoms with van der Waals surface area (Å²) in [7, 11) is 0. The molecule has 8 nitrogen and oxygen atoms in total. The third-order valence-electron chi connectivity index (χ3n) is 6.10. The van der Waals surface area contributed by atoms with Gasteiger partial charge in [-0.25, -0.2) is 13.8 Å². The van der Waals surface area contributed by atoms with Gasteiger partial charge in [0.15, 0.2) is 0 Å². The van der Waals surface area contributed by atoms with Gasteiger partial charge in [-0.2, -0.15) is 14.5 Å². The molecule has 0 saturated heterocycles. The molecule has 6 rings (SSSR count). The highest BCUT2D eigenvalue weighted by Gasteiger charge is 2.49. The highest BCUT2D eigenvalue weighted by atomic mass is 19.1. The van der Waals surface area contributed by atoms with E-state index in [1.807, 2.05) is 0 Å². The van der Waals surface area contributed by atoms with Crippen LogP contribution in [0.1, 0.15) is 37.6 Å². The Balaban J connectivity index is 1.40. The molecule has 0 bridgehead atoms. The molecule has 4 heterocycles. The van der Waals surface area contributed by atoms with Crippen molar-refractivity contribution in [3.63, 3.8) is 0 Å². The van der Waals surface area contributed by atoms with E-state index in [2.05, 4.69) is 25.7 Å². The summed E-state index contributed by atoms with van der Waals surface area (Å²) in [5.41, 5.74) is 3.13. The number of imidazole rings is 1. The average molecular weight is 415 g/mol. The van der Waals surface area contributed by atoms with Crippen molar-refractivity contribution in [1.29, 1.82) is 0 Å². The molecule has 2 aromatic heterocycles. The van der Waals surface area contributed by atoms with Crippen LogP contribution in [0.2, 0.25) is 0 Å². The highest BCUT2D eigenvalue weighted by Crippen LogP contribution is 2.46. The van der Waals surface area contributed by atoms with E-state index in [4.69, 9.17) is 4.52 Å². The van der Waals surface area contributed by atoms with Crippen molar-refractivity contribution in [2.75, 3.05) is 4.90 Å². The number of nitrogens with one attached hydrogen (secondary N) is 1. The maximum absolute atomic E-state index is 14.5. The van der Waals surface area contributed by atoms with Crippen LogP contribution < -0.4 is 10.3 Å². The first-order chi connectivity index (χ1) is 14.6. The van der Waals surface area contributed by atoms with Crippen molar-refractivity contribution < 1.29 is 17.7 Å². The fourth-order valence-corrected chi connectivity index (χ4v) is 4.80. The Kier molecular flexibility index (Phi) is 3.68. The molecule has 11 heteroatoms. The van der Waals surface area contributed by atoms with Crippen LogP contribution in [0, 0.1) is 23.6 Å². The zero-order chi connectivity index (χ0) is 20.4. The molecule has 0 spiro atoms. The van der Waals surface area contributed by atoms with E-state index in [0.29, 0.717) is 11.7 Å². The lowest BCUT2D eigenvalue weighted by atomic mass is 9.80. The van der Waals surface area contributed by atoms with Crippen LogP contribution in [-0.2, 0) is 0 Å². The minimum atomic E-state index is -0.796. The van der Waals surface area contributed by atoms with E-state index in [9.17, 15) is 13.2 Å². The molecule has 3 aromatic rings. The fraction of sp³-hybridized carbons (Fsp3) is 0.368. The highest BCUT2D eigenvalue weighted by molar-refractivity contribution is 6.08. The summed E-state index contributed by atoms with van der Waals surface area (Å²) in [5.74, 6) is -0.476. The van der Waals surface area contributed by atoms with Gasteiger partial charge in [-0.1, -0.05) is 18.0 Å². The molecule has 3 atom stereocenters. The van der Waals surface area contributed by atoms with E-state index in [-0.39, 0.29) is 35.4 Å². The van der Waals surface area contributed by atoms with Crippen LogP contribution in [0.4, 0.5) is 19.0 Å². The first-order valence-corrected chi connectivity index (χ1v) is 9.76. The van der Waals surface area contributed by atoms with E-state index >= 15 is 0 Å². The zero-order valence-corrected chi connectivity index (χ0v) is 15.6. The number of nitrogens with zero attached hydrogens (tertiary/aromatic N) is 6. The zero-order valence-electron chi connectivity index (χ0n) is 15.6. The summed E-state index contributed by atoms with van der Waals surface area (Å²) >= 11 is 0. The molecule has 3 unspecified atom stereocenters. The summed E-state index contributed by atoms with van der Waals surface area (Å²) < 4.78 is 48.8. The second-order valence-electron chi connectivity index (χ2n) is 7.70. The number of benzene rings is 1. The molecule has 1 N–H and O–H groups in total. The molecule has 154 valence electrons. The molecule has 1 fully saturated rings. The van der Waals surface area contributed by atoms with Crippen molar-refractivity contribution in [2.45, 2.75) is 37.9 Å². The minimum absolute atomic E-state index is 0.00565. The second-order valence-corrected chi connectivity index (χ2v) is 7.70. The third kappa shape index (κ3) is 2.40. The minimum Gasteiger partial charge on any atom is -0.330 e. The van der Waals surface area contributed by atoms with Crippen molar-refractivity contribution >= 4 is 11.7 Å². The van der Waals surface area contributed by atoms with Crippen LogP contribution >= 0.6 is 0 Å². The van der Waals surface area contributed by atoms with Crippen molar-refractivity contribution in [3.05, 3.63) is 48.0 Å². The van der Waals surface area contributed by atoms with E-state index in [1.54, 1.807) is 9.47 Å². The molecule has 0 amide bonds. The number of aromatic nitrogens is 4. The third-order valence-corrected chi connectivity index (χ3v) is 6.10. The van der Waals surface area contributed by atoms with Gasteiger partial charge in [0.1, 0.15) is 23.6 Å². The molecule has 2 aliphatic heterocycles. The topological polar surface area (TPSA) is 84.4 Å². The van der Waals surface area contributed by atoms with E-state index in [1.165, 1.54) is 12.3 Å². The van der Waals surface area contributed by atoms with Crippen molar-refractivity contribution in [1.82, 2.24) is 25.1 Å². The van der Waals surface area contributed by atoms with Gasteiger partial charge in [0.2, 0.25) is 11.7 Å². The predicted molar refractivity (Wildman–Crippen MR) is 98.8 cm³/mol. The lowest BCUT2D eigenvalue weighted by molar-refractivity contribution is 0.161. The number of hydrogen-bond donors (Lipinski definition) is 1. The Hall–Kier alpha value is -3.37. The number of halogens is 3. The van der Waals surface area contributed by atoms with E-state index < -0.39 is 17.7 Å². The van der Waals surface area contributed by atoms with Crippen LogP contribution in [0.15, 0.2) is 34.0 Å². The number of amidine groups is 1. The maximum atomic E-state index is 14.5. The summed E-state index contributed by atoms with van der Waals surface area (Å²) in [6, 6.07) is 3.13. The van der Waals surface area contributed by atoms with Gasteiger partial charge < -0.3 is 4.52 Å². The standard InChI is InChI=1S/C19H16F3N7O/c20-9-5-6-10(12(21)7-9)15-24-18(30-27-15)17-26-25-16-11-3-1-2-4-13(11)28-14(29(16)17)8-23-19(28)22/h5-8,11,13,16,25H,1-4H2. The van der Waals surface area contributed by atoms with Gasteiger partial charge in [0.25, 0.3) is 12.0 Å². The monoisotopic (exact) mass is 415 g/mol. The Morgan fingerprint density at radius 2 is 2.00 bits per heavy atom. The normalized spacial score (nSPS) is 24.7. The predicted octanol–water partition coefficient (Wildman–Crippen LogP) is 3.19. The first-order valence-electron chi connectivity index (χ1n) is 9.76. The number of fused-ring (bicyclic) bond motifs is 6. The maximum Gasteiger partial charge on any atom is 0.296 e. The Morgan fingerprint density at radius 1 is 1.13 bits per heavy atom. The molecule has 3 aliphatic rings. The van der Waals surface area contributed by atoms with Gasteiger partial charge >= 0.3 is 0 Å². The summed E-state index contributed by atoms with van der Waals surface area (Å²) in [6.45, 7) is 0. The average Bonchev–Trinajstić information content (AvgIpc) is 3.46. The Labute approximate surface area is 168 Å². The quantitative estimate of drug-likeness (QED) is 0.692. The number of rotatable bonds is 2. The fourth-order valence-electron chi connectivity index (χ4n) is 4.80. The van der Waals surface area contributed by atoms with E-state index in [0.717, 1.165) is 37.8 Å². The first kappa shape index (κ1) is 17.5. The van der Waals surface area contributed by atoms with Gasteiger partial charge in [-0.15, -0.1) is 0 Å². The van der Waals surface area contributed by atoms with Crippen LogP contribution in [0.5, 0.6) is 0 Å². The van der Waals surface area contributed by atoms with Crippen LogP contribution in [-0.4, -0.2) is 31.7 Å². The Morgan fingerprint density at radius 3 is 2.87 bits per heavy atom. The number of anilines is 1. The SMILES string of the molecule is Fc1ccc(-c2noc(C3=NNC4C5CCCCC5n5c(cnc5F)N34)n2)c(F)c1. The molecular formula is C19H16F3N7O.